The Kier molecular flexibility index (Phi) is 7.32. The molecular weight excluding hydrogens is 448 g/mol. The quantitative estimate of drug-likeness (QED) is 0.420. The van der Waals surface area contributed by atoms with Gasteiger partial charge in [0.15, 0.2) is 5.78 Å². The normalized spacial score (nSPS) is 15.2. The Morgan fingerprint density at radius 3 is 2.38 bits per heavy atom. The molecule has 1 aliphatic rings. The number of benzene rings is 2. The van der Waals surface area contributed by atoms with E-state index in [-0.39, 0.29) is 17.6 Å². The van der Waals surface area contributed by atoms with Gasteiger partial charge in [0.25, 0.3) is 0 Å². The average molecular weight is 477 g/mol. The van der Waals surface area contributed by atoms with Gasteiger partial charge in [0, 0.05) is 53.6 Å². The number of halogens is 1. The minimum atomic E-state index is -0.703. The summed E-state index contributed by atoms with van der Waals surface area (Å²) in [6, 6.07) is 17.8. The number of ketones is 1. The number of aromatic nitrogens is 1. The van der Waals surface area contributed by atoms with Crippen LogP contribution in [0.2, 0.25) is 5.02 Å². The van der Waals surface area contributed by atoms with Crippen molar-refractivity contribution in [1.29, 1.82) is 0 Å². The molecule has 1 atom stereocenters. The lowest BCUT2D eigenvalue weighted by molar-refractivity contribution is -0.142. The molecule has 0 radical (unpaired) electrons. The van der Waals surface area contributed by atoms with Gasteiger partial charge in [-0.1, -0.05) is 29.8 Å². The lowest BCUT2D eigenvalue weighted by atomic mass is 9.83. The number of pyridine rings is 1. The number of hydrogen-bond acceptors (Lipinski definition) is 4. The summed E-state index contributed by atoms with van der Waals surface area (Å²) in [6.07, 6.45) is 3.33. The number of carboxylic acid groups (broad SMARTS) is 1. The molecule has 1 fully saturated rings. The van der Waals surface area contributed by atoms with Crippen LogP contribution in [0.1, 0.15) is 57.9 Å². The van der Waals surface area contributed by atoms with Crippen molar-refractivity contribution in [2.24, 2.45) is 5.92 Å². The lowest BCUT2D eigenvalue weighted by Gasteiger charge is -2.32. The van der Waals surface area contributed by atoms with E-state index in [1.54, 1.807) is 12.3 Å². The second kappa shape index (κ2) is 10.4. The summed E-state index contributed by atoms with van der Waals surface area (Å²) >= 11 is 6.21. The summed E-state index contributed by atoms with van der Waals surface area (Å²) in [7, 11) is 0. The van der Waals surface area contributed by atoms with E-state index in [2.05, 4.69) is 34.1 Å². The maximum absolute atomic E-state index is 13.2. The molecule has 0 spiro atoms. The van der Waals surface area contributed by atoms with Crippen LogP contribution in [0, 0.1) is 19.8 Å². The van der Waals surface area contributed by atoms with E-state index in [1.807, 2.05) is 38.1 Å². The maximum atomic E-state index is 13.2. The van der Waals surface area contributed by atoms with Crippen LogP contribution in [0.15, 0.2) is 60.8 Å². The zero-order valence-corrected chi connectivity index (χ0v) is 20.3. The monoisotopic (exact) mass is 476 g/mol. The summed E-state index contributed by atoms with van der Waals surface area (Å²) < 4.78 is 0. The van der Waals surface area contributed by atoms with Gasteiger partial charge >= 0.3 is 5.97 Å². The van der Waals surface area contributed by atoms with E-state index in [0.29, 0.717) is 29.8 Å². The Bertz CT molecular complexity index is 1180. The molecule has 5 nitrogen and oxygen atoms in total. The van der Waals surface area contributed by atoms with Crippen LogP contribution in [0.3, 0.4) is 0 Å². The van der Waals surface area contributed by atoms with Crippen molar-refractivity contribution >= 4 is 29.0 Å². The Morgan fingerprint density at radius 2 is 1.76 bits per heavy atom. The first-order valence-electron chi connectivity index (χ1n) is 11.6. The first kappa shape index (κ1) is 24.0. The first-order chi connectivity index (χ1) is 16.3. The second-order valence-electron chi connectivity index (χ2n) is 9.06. The summed E-state index contributed by atoms with van der Waals surface area (Å²) in [5.41, 5.74) is 5.77. The highest BCUT2D eigenvalue weighted by atomic mass is 35.5. The third-order valence-electron chi connectivity index (χ3n) is 6.72. The number of nitrogens with zero attached hydrogens (tertiary/aromatic N) is 2. The van der Waals surface area contributed by atoms with Gasteiger partial charge in [-0.25, -0.2) is 0 Å². The molecule has 1 aliphatic heterocycles. The zero-order valence-electron chi connectivity index (χ0n) is 19.5. The number of anilines is 1. The number of hydrogen-bond donors (Lipinski definition) is 1. The fraction of sp³-hybridized carbons (Fsp3) is 0.321. The number of aryl methyl sites for hydroxylation is 2. The third-order valence-corrected chi connectivity index (χ3v) is 6.96. The third kappa shape index (κ3) is 5.48. The molecule has 1 N–H and O–H groups in total. The summed E-state index contributed by atoms with van der Waals surface area (Å²) in [5, 5.41) is 9.93. The van der Waals surface area contributed by atoms with E-state index in [1.165, 1.54) is 0 Å². The van der Waals surface area contributed by atoms with Crippen molar-refractivity contribution in [3.8, 4) is 0 Å². The van der Waals surface area contributed by atoms with Crippen LogP contribution in [-0.2, 0) is 4.79 Å². The Balaban J connectivity index is 1.60. The molecule has 6 heteroatoms. The van der Waals surface area contributed by atoms with Gasteiger partial charge in [0.05, 0.1) is 5.92 Å². The number of aliphatic carboxylic acids is 1. The van der Waals surface area contributed by atoms with E-state index in [9.17, 15) is 14.7 Å². The van der Waals surface area contributed by atoms with E-state index in [4.69, 9.17) is 11.6 Å². The molecule has 1 saturated heterocycles. The molecule has 2 heterocycles. The predicted molar refractivity (Wildman–Crippen MR) is 135 cm³/mol. The number of piperidine rings is 1. The highest BCUT2D eigenvalue weighted by Crippen LogP contribution is 2.34. The van der Waals surface area contributed by atoms with Crippen molar-refractivity contribution in [1.82, 2.24) is 4.98 Å². The van der Waals surface area contributed by atoms with Gasteiger partial charge in [-0.2, -0.15) is 0 Å². The molecule has 0 unspecified atom stereocenters. The molecule has 0 bridgehead atoms. The van der Waals surface area contributed by atoms with Gasteiger partial charge in [-0.3, -0.25) is 14.6 Å². The minimum Gasteiger partial charge on any atom is -0.481 e. The van der Waals surface area contributed by atoms with E-state index >= 15 is 0 Å². The van der Waals surface area contributed by atoms with Gasteiger partial charge in [-0.05, 0) is 79.8 Å². The first-order valence-corrected chi connectivity index (χ1v) is 12.0. The Hall–Kier alpha value is -3.18. The summed E-state index contributed by atoms with van der Waals surface area (Å²) in [4.78, 5) is 30.9. The molecule has 1 aromatic heterocycles. The topological polar surface area (TPSA) is 70.5 Å². The Morgan fingerprint density at radius 1 is 1.06 bits per heavy atom. The van der Waals surface area contributed by atoms with Crippen molar-refractivity contribution in [2.75, 3.05) is 18.0 Å². The number of Topliss-reactive ketones (excluding diaryl/α,β-unsaturated/α-hetero) is 1. The smallest absolute Gasteiger partial charge is 0.306 e. The van der Waals surface area contributed by atoms with Gasteiger partial charge < -0.3 is 10.0 Å². The van der Waals surface area contributed by atoms with Crippen LogP contribution in [0.4, 0.5) is 5.69 Å². The molecular formula is C28H29ClN2O3. The molecule has 0 saturated carbocycles. The number of carbonyl (C=O) groups is 2. The van der Waals surface area contributed by atoms with Crippen LogP contribution in [0.25, 0.3) is 0 Å². The van der Waals surface area contributed by atoms with Gasteiger partial charge in [0.1, 0.15) is 0 Å². The summed E-state index contributed by atoms with van der Waals surface area (Å²) in [5.74, 6) is -0.990. The van der Waals surface area contributed by atoms with E-state index in [0.717, 1.165) is 41.2 Å². The SMILES string of the molecule is Cc1cc(C(=O)C[C@@H](c2ccc(N3CCC(C(=O)O)CC3)cc2)c2ccc(Cl)cc2C)ccn1. The predicted octanol–water partition coefficient (Wildman–Crippen LogP) is 6.06. The van der Waals surface area contributed by atoms with Gasteiger partial charge in [0.2, 0.25) is 0 Å². The van der Waals surface area contributed by atoms with Crippen LogP contribution >= 0.6 is 11.6 Å². The van der Waals surface area contributed by atoms with Crippen molar-refractivity contribution in [2.45, 2.75) is 39.0 Å². The minimum absolute atomic E-state index is 0.0738. The largest absolute Gasteiger partial charge is 0.481 e. The average Bonchev–Trinajstić information content (AvgIpc) is 2.83. The Labute approximate surface area is 205 Å². The molecule has 3 aromatic rings. The van der Waals surface area contributed by atoms with Crippen molar-refractivity contribution in [3.63, 3.8) is 0 Å². The highest BCUT2D eigenvalue weighted by molar-refractivity contribution is 6.30. The fourth-order valence-corrected chi connectivity index (χ4v) is 4.99. The van der Waals surface area contributed by atoms with Crippen LogP contribution in [-0.4, -0.2) is 34.9 Å². The van der Waals surface area contributed by atoms with Crippen LogP contribution < -0.4 is 4.90 Å². The molecule has 2 aromatic carbocycles. The number of carbonyl (C=O) groups excluding carboxylic acids is 1. The van der Waals surface area contributed by atoms with Crippen LogP contribution in [0.5, 0.6) is 0 Å². The zero-order chi connectivity index (χ0) is 24.2. The van der Waals surface area contributed by atoms with Crippen molar-refractivity contribution in [3.05, 3.63) is 93.8 Å². The van der Waals surface area contributed by atoms with Crippen molar-refractivity contribution < 1.29 is 14.7 Å². The van der Waals surface area contributed by atoms with Gasteiger partial charge in [-0.15, -0.1) is 0 Å². The molecule has 0 aliphatic carbocycles. The summed E-state index contributed by atoms with van der Waals surface area (Å²) in [6.45, 7) is 5.37. The second-order valence-corrected chi connectivity index (χ2v) is 9.49. The molecule has 4 rings (SSSR count). The maximum Gasteiger partial charge on any atom is 0.306 e. The number of carboxylic acids is 1. The highest BCUT2D eigenvalue weighted by Gasteiger charge is 2.25. The fourth-order valence-electron chi connectivity index (χ4n) is 4.76. The standard InChI is InChI=1S/C28H29ClN2O3/c1-18-15-23(29)5-8-25(18)26(17-27(32)22-9-12-30-19(2)16-22)20-3-6-24(7-4-20)31-13-10-21(11-14-31)28(33)34/h3-9,12,15-16,21,26H,10-11,13-14,17H2,1-2H3,(H,33,34)/t26-/m0/s1. The lowest BCUT2D eigenvalue weighted by Crippen LogP contribution is -2.36. The molecule has 0 amide bonds. The molecule has 34 heavy (non-hydrogen) atoms. The number of rotatable bonds is 7. The molecule has 176 valence electrons. The van der Waals surface area contributed by atoms with E-state index < -0.39 is 5.97 Å².